The fraction of sp³-hybridized carbons (Fsp3) is 0.348. The predicted octanol–water partition coefficient (Wildman–Crippen LogP) is 5.31. The first kappa shape index (κ1) is 16.9. The zero-order chi connectivity index (χ0) is 18.3. The standard InChI is InChI=1S/C23H25NO2/c1-4-26-23(25)16-10-11-21-20(13-16)17-6-5-7-18(17)22(24-21)19-12-14(2)8-9-15(19)3/h5-6,8-13,17-18,22,24H,4,7H2,1-3H3/t17-,18+,22-/m1/s1. The number of hydrogen-bond donors (Lipinski definition) is 1. The van der Waals surface area contributed by atoms with E-state index in [0.717, 1.165) is 12.1 Å². The van der Waals surface area contributed by atoms with Gasteiger partial charge in [0, 0.05) is 11.6 Å². The van der Waals surface area contributed by atoms with Crippen molar-refractivity contribution < 1.29 is 9.53 Å². The highest BCUT2D eigenvalue weighted by Gasteiger charge is 2.38. The largest absolute Gasteiger partial charge is 0.462 e. The Morgan fingerprint density at radius 2 is 2.00 bits per heavy atom. The molecule has 3 nitrogen and oxygen atoms in total. The van der Waals surface area contributed by atoms with Crippen molar-refractivity contribution in [2.24, 2.45) is 5.92 Å². The lowest BCUT2D eigenvalue weighted by Gasteiger charge is -2.38. The van der Waals surface area contributed by atoms with Crippen molar-refractivity contribution in [3.05, 3.63) is 76.4 Å². The van der Waals surface area contributed by atoms with E-state index in [2.05, 4.69) is 49.5 Å². The van der Waals surface area contributed by atoms with E-state index in [0.29, 0.717) is 24.0 Å². The molecule has 1 heterocycles. The number of aryl methyl sites for hydroxylation is 2. The van der Waals surface area contributed by atoms with Gasteiger partial charge in [-0.2, -0.15) is 0 Å². The number of esters is 1. The number of ether oxygens (including phenoxy) is 1. The minimum absolute atomic E-state index is 0.245. The van der Waals surface area contributed by atoms with E-state index < -0.39 is 0 Å². The number of carbonyl (C=O) groups is 1. The van der Waals surface area contributed by atoms with Gasteiger partial charge >= 0.3 is 5.97 Å². The van der Waals surface area contributed by atoms with Crippen molar-refractivity contribution in [3.8, 4) is 0 Å². The third-order valence-electron chi connectivity index (χ3n) is 5.64. The Balaban J connectivity index is 1.75. The maximum Gasteiger partial charge on any atom is 0.338 e. The van der Waals surface area contributed by atoms with Gasteiger partial charge in [-0.1, -0.05) is 35.9 Å². The van der Waals surface area contributed by atoms with E-state index >= 15 is 0 Å². The third kappa shape index (κ3) is 2.82. The Morgan fingerprint density at radius 1 is 1.15 bits per heavy atom. The van der Waals surface area contributed by atoms with E-state index in [4.69, 9.17) is 4.74 Å². The van der Waals surface area contributed by atoms with Gasteiger partial charge in [-0.3, -0.25) is 0 Å². The van der Waals surface area contributed by atoms with Gasteiger partial charge in [-0.15, -0.1) is 0 Å². The third-order valence-corrected chi connectivity index (χ3v) is 5.64. The predicted molar refractivity (Wildman–Crippen MR) is 105 cm³/mol. The Bertz CT molecular complexity index is 884. The molecule has 4 rings (SSSR count). The average molecular weight is 347 g/mol. The van der Waals surface area contributed by atoms with Crippen LogP contribution in [0.25, 0.3) is 0 Å². The average Bonchev–Trinajstić information content (AvgIpc) is 3.13. The van der Waals surface area contributed by atoms with E-state index in [1.165, 1.54) is 22.3 Å². The summed E-state index contributed by atoms with van der Waals surface area (Å²) >= 11 is 0. The summed E-state index contributed by atoms with van der Waals surface area (Å²) in [7, 11) is 0. The maximum absolute atomic E-state index is 12.1. The normalized spacial score (nSPS) is 23.1. The minimum Gasteiger partial charge on any atom is -0.462 e. The molecule has 2 aromatic rings. The monoisotopic (exact) mass is 347 g/mol. The van der Waals surface area contributed by atoms with Gasteiger partial charge in [0.15, 0.2) is 0 Å². The van der Waals surface area contributed by atoms with E-state index in [9.17, 15) is 4.79 Å². The summed E-state index contributed by atoms with van der Waals surface area (Å²) in [6.07, 6.45) is 5.64. The molecule has 0 aromatic heterocycles. The lowest BCUT2D eigenvalue weighted by atomic mass is 9.75. The molecule has 1 N–H and O–H groups in total. The lowest BCUT2D eigenvalue weighted by molar-refractivity contribution is 0.0526. The first-order valence-corrected chi connectivity index (χ1v) is 9.40. The van der Waals surface area contributed by atoms with Crippen LogP contribution in [0.15, 0.2) is 48.6 Å². The van der Waals surface area contributed by atoms with Gasteiger partial charge in [-0.05, 0) is 68.0 Å². The van der Waals surface area contributed by atoms with Crippen LogP contribution in [0.4, 0.5) is 5.69 Å². The Kier molecular flexibility index (Phi) is 4.31. The first-order chi connectivity index (χ1) is 12.6. The molecule has 2 aliphatic rings. The summed E-state index contributed by atoms with van der Waals surface area (Å²) in [5.74, 6) is 0.566. The zero-order valence-corrected chi connectivity index (χ0v) is 15.6. The van der Waals surface area contributed by atoms with Crippen LogP contribution in [0.1, 0.15) is 57.9 Å². The van der Waals surface area contributed by atoms with Crippen LogP contribution in [0.5, 0.6) is 0 Å². The van der Waals surface area contributed by atoms with Crippen molar-refractivity contribution >= 4 is 11.7 Å². The molecule has 3 heteroatoms. The van der Waals surface area contributed by atoms with Gasteiger partial charge in [0.25, 0.3) is 0 Å². The second kappa shape index (κ2) is 6.64. The van der Waals surface area contributed by atoms with E-state index in [-0.39, 0.29) is 12.0 Å². The van der Waals surface area contributed by atoms with E-state index in [1.807, 2.05) is 25.1 Å². The van der Waals surface area contributed by atoms with Crippen LogP contribution in [0, 0.1) is 19.8 Å². The topological polar surface area (TPSA) is 38.3 Å². The lowest BCUT2D eigenvalue weighted by Crippen LogP contribution is -2.30. The van der Waals surface area contributed by atoms with E-state index in [1.54, 1.807) is 0 Å². The molecule has 1 aliphatic carbocycles. The summed E-state index contributed by atoms with van der Waals surface area (Å²) in [5.41, 5.74) is 6.96. The highest BCUT2D eigenvalue weighted by atomic mass is 16.5. The van der Waals surface area contributed by atoms with Crippen molar-refractivity contribution in [2.75, 3.05) is 11.9 Å². The number of fused-ring (bicyclic) bond motifs is 3. The fourth-order valence-electron chi connectivity index (χ4n) is 4.34. The molecule has 3 atom stereocenters. The smallest absolute Gasteiger partial charge is 0.338 e. The molecule has 0 spiro atoms. The molecule has 134 valence electrons. The van der Waals surface area contributed by atoms with Crippen molar-refractivity contribution in [1.82, 2.24) is 0 Å². The molecule has 2 aromatic carbocycles. The summed E-state index contributed by atoms with van der Waals surface area (Å²) in [4.78, 5) is 12.1. The second-order valence-corrected chi connectivity index (χ2v) is 7.36. The number of benzene rings is 2. The Hall–Kier alpha value is -2.55. The van der Waals surface area contributed by atoms with Crippen molar-refractivity contribution in [1.29, 1.82) is 0 Å². The number of allylic oxidation sites excluding steroid dienone is 2. The molecule has 0 saturated carbocycles. The summed E-state index contributed by atoms with van der Waals surface area (Å²) < 4.78 is 5.17. The quantitative estimate of drug-likeness (QED) is 0.604. The van der Waals surface area contributed by atoms with Gasteiger partial charge in [0.05, 0.1) is 18.2 Å². The fourth-order valence-corrected chi connectivity index (χ4v) is 4.34. The summed E-state index contributed by atoms with van der Waals surface area (Å²) in [5, 5.41) is 3.76. The molecule has 0 saturated heterocycles. The van der Waals surface area contributed by atoms with Crippen LogP contribution < -0.4 is 5.32 Å². The molecular formula is C23H25NO2. The summed E-state index contributed by atoms with van der Waals surface area (Å²) in [6, 6.07) is 12.9. The van der Waals surface area contributed by atoms with Gasteiger partial charge < -0.3 is 10.1 Å². The van der Waals surface area contributed by atoms with Gasteiger partial charge in [0.1, 0.15) is 0 Å². The van der Waals surface area contributed by atoms with Crippen LogP contribution in [-0.4, -0.2) is 12.6 Å². The minimum atomic E-state index is -0.245. The first-order valence-electron chi connectivity index (χ1n) is 9.40. The van der Waals surface area contributed by atoms with Crippen LogP contribution in [-0.2, 0) is 4.74 Å². The molecule has 26 heavy (non-hydrogen) atoms. The maximum atomic E-state index is 12.1. The van der Waals surface area contributed by atoms with Crippen LogP contribution >= 0.6 is 0 Å². The molecular weight excluding hydrogens is 322 g/mol. The second-order valence-electron chi connectivity index (χ2n) is 7.36. The molecule has 0 bridgehead atoms. The van der Waals surface area contributed by atoms with Gasteiger partial charge in [-0.25, -0.2) is 4.79 Å². The number of rotatable bonds is 3. The number of nitrogens with one attached hydrogen (secondary N) is 1. The van der Waals surface area contributed by atoms with Crippen molar-refractivity contribution in [3.63, 3.8) is 0 Å². The molecule has 0 amide bonds. The van der Waals surface area contributed by atoms with Gasteiger partial charge in [0.2, 0.25) is 0 Å². The number of carbonyl (C=O) groups excluding carboxylic acids is 1. The molecule has 0 radical (unpaired) electrons. The molecule has 0 unspecified atom stereocenters. The van der Waals surface area contributed by atoms with Crippen LogP contribution in [0.3, 0.4) is 0 Å². The number of hydrogen-bond acceptors (Lipinski definition) is 3. The Labute approximate surface area is 155 Å². The number of anilines is 1. The molecule has 1 aliphatic heterocycles. The van der Waals surface area contributed by atoms with Crippen molar-refractivity contribution in [2.45, 2.75) is 39.2 Å². The highest BCUT2D eigenvalue weighted by Crippen LogP contribution is 2.50. The highest BCUT2D eigenvalue weighted by molar-refractivity contribution is 5.90. The Morgan fingerprint density at radius 3 is 2.81 bits per heavy atom. The zero-order valence-electron chi connectivity index (χ0n) is 15.6. The summed E-state index contributed by atoms with van der Waals surface area (Å²) in [6.45, 7) is 6.57. The molecule has 0 fully saturated rings. The SMILES string of the molecule is CCOC(=O)c1ccc2c(c1)[C@@H]1C=CC[C@@H]1[C@H](c1cc(C)ccc1C)N2. The van der Waals surface area contributed by atoms with Crippen LogP contribution in [0.2, 0.25) is 0 Å².